The Hall–Kier alpha value is -2.34. The van der Waals surface area contributed by atoms with Gasteiger partial charge in [-0.05, 0) is 23.8 Å². The lowest BCUT2D eigenvalue weighted by molar-refractivity contribution is 1.28. The topological polar surface area (TPSA) is 52.5 Å². The summed E-state index contributed by atoms with van der Waals surface area (Å²) in [5, 5.41) is 10.9. The number of nitrogens with zero attached hydrogens (tertiary/aromatic N) is 2. The zero-order valence-electron chi connectivity index (χ0n) is 8.57. The molecule has 0 saturated heterocycles. The van der Waals surface area contributed by atoms with Crippen LogP contribution in [0.4, 0.5) is 0 Å². The molecule has 2 aromatic heterocycles. The van der Waals surface area contributed by atoms with Crippen LogP contribution < -0.4 is 0 Å². The third-order valence-corrected chi connectivity index (χ3v) is 2.78. The molecule has 3 heteroatoms. The quantitative estimate of drug-likeness (QED) is 0.667. The predicted octanol–water partition coefficient (Wildman–Crippen LogP) is 2.78. The van der Waals surface area contributed by atoms with Crippen molar-refractivity contribution in [3.63, 3.8) is 0 Å². The molecule has 3 aromatic rings. The fourth-order valence-corrected chi connectivity index (χ4v) is 2.02. The number of H-pyrrole nitrogens is 1. The van der Waals surface area contributed by atoms with Crippen LogP contribution in [0.1, 0.15) is 5.56 Å². The van der Waals surface area contributed by atoms with Crippen LogP contribution >= 0.6 is 0 Å². The largest absolute Gasteiger partial charge is 0.361 e. The molecular weight excluding hydrogens is 198 g/mol. The summed E-state index contributed by atoms with van der Waals surface area (Å²) in [6, 6.07) is 10.2. The third kappa shape index (κ3) is 1.17. The van der Waals surface area contributed by atoms with Crippen LogP contribution in [0.15, 0.2) is 36.7 Å². The van der Waals surface area contributed by atoms with Gasteiger partial charge < -0.3 is 4.98 Å². The predicted molar refractivity (Wildman–Crippen MR) is 62.9 cm³/mol. The normalized spacial score (nSPS) is 10.7. The summed E-state index contributed by atoms with van der Waals surface area (Å²) in [5.74, 6) is 0. The number of nitriles is 1. The average Bonchev–Trinajstić information content (AvgIpc) is 2.73. The van der Waals surface area contributed by atoms with Gasteiger partial charge in [0.15, 0.2) is 0 Å². The summed E-state index contributed by atoms with van der Waals surface area (Å²) in [6.45, 7) is 0. The lowest BCUT2D eigenvalue weighted by atomic mass is 10.1. The number of hydrogen-bond donors (Lipinski definition) is 1. The minimum Gasteiger partial charge on any atom is -0.361 e. The van der Waals surface area contributed by atoms with Crippen molar-refractivity contribution in [2.24, 2.45) is 0 Å². The van der Waals surface area contributed by atoms with Crippen LogP contribution in [-0.4, -0.2) is 9.97 Å². The van der Waals surface area contributed by atoms with Crippen LogP contribution in [0, 0.1) is 11.3 Å². The molecular formula is C13H9N3. The van der Waals surface area contributed by atoms with Crippen LogP contribution in [-0.2, 0) is 6.42 Å². The number of hydrogen-bond acceptors (Lipinski definition) is 2. The summed E-state index contributed by atoms with van der Waals surface area (Å²) >= 11 is 0. The van der Waals surface area contributed by atoms with Crippen LogP contribution in [0.5, 0.6) is 0 Å². The Morgan fingerprint density at radius 2 is 2.19 bits per heavy atom. The van der Waals surface area contributed by atoms with Crippen molar-refractivity contribution in [2.45, 2.75) is 6.42 Å². The maximum atomic E-state index is 8.73. The van der Waals surface area contributed by atoms with E-state index in [1.165, 1.54) is 0 Å². The van der Waals surface area contributed by atoms with E-state index in [2.05, 4.69) is 16.0 Å². The first-order valence-corrected chi connectivity index (χ1v) is 5.11. The van der Waals surface area contributed by atoms with E-state index in [9.17, 15) is 0 Å². The van der Waals surface area contributed by atoms with E-state index in [4.69, 9.17) is 5.26 Å². The second-order valence-electron chi connectivity index (χ2n) is 3.71. The second kappa shape index (κ2) is 3.35. The minimum absolute atomic E-state index is 0.415. The fourth-order valence-electron chi connectivity index (χ4n) is 2.02. The van der Waals surface area contributed by atoms with Crippen molar-refractivity contribution in [3.8, 4) is 6.07 Å². The van der Waals surface area contributed by atoms with Gasteiger partial charge >= 0.3 is 0 Å². The standard InChI is InChI=1S/C13H9N3/c14-6-5-9-8-16-13-10(9)3-4-12-11(13)2-1-7-15-12/h1-4,7-8,15H,5H2. The molecule has 2 heterocycles. The SMILES string of the molecule is N#CCc1cnc2c1ccc1[nH]cccc12. The Labute approximate surface area is 92.3 Å². The summed E-state index contributed by atoms with van der Waals surface area (Å²) in [6.07, 6.45) is 4.10. The van der Waals surface area contributed by atoms with Gasteiger partial charge in [0.05, 0.1) is 18.0 Å². The van der Waals surface area contributed by atoms with Gasteiger partial charge in [0, 0.05) is 28.7 Å². The van der Waals surface area contributed by atoms with E-state index >= 15 is 0 Å². The van der Waals surface area contributed by atoms with Crippen LogP contribution in [0.2, 0.25) is 0 Å². The molecule has 0 saturated carbocycles. The van der Waals surface area contributed by atoms with Gasteiger partial charge in [-0.1, -0.05) is 6.07 Å². The van der Waals surface area contributed by atoms with E-state index in [0.717, 1.165) is 27.4 Å². The first-order chi connectivity index (χ1) is 7.90. The van der Waals surface area contributed by atoms with E-state index in [-0.39, 0.29) is 0 Å². The van der Waals surface area contributed by atoms with Crippen molar-refractivity contribution in [1.82, 2.24) is 9.97 Å². The molecule has 0 aliphatic heterocycles. The maximum Gasteiger partial charge on any atom is 0.0798 e. The molecule has 0 spiro atoms. The van der Waals surface area contributed by atoms with Crippen molar-refractivity contribution in [3.05, 3.63) is 42.2 Å². The van der Waals surface area contributed by atoms with Gasteiger partial charge in [0.2, 0.25) is 0 Å². The van der Waals surface area contributed by atoms with Crippen LogP contribution in [0.3, 0.4) is 0 Å². The van der Waals surface area contributed by atoms with Gasteiger partial charge in [-0.3, -0.25) is 4.98 Å². The lowest BCUT2D eigenvalue weighted by Crippen LogP contribution is -1.80. The molecule has 0 aliphatic rings. The minimum atomic E-state index is 0.415. The number of aromatic nitrogens is 2. The summed E-state index contributed by atoms with van der Waals surface area (Å²) < 4.78 is 0. The highest BCUT2D eigenvalue weighted by atomic mass is 14.7. The monoisotopic (exact) mass is 207 g/mol. The number of benzene rings is 1. The molecule has 76 valence electrons. The molecule has 0 radical (unpaired) electrons. The lowest BCUT2D eigenvalue weighted by Gasteiger charge is -1.99. The molecule has 0 amide bonds. The zero-order chi connectivity index (χ0) is 11.0. The fraction of sp³-hybridized carbons (Fsp3) is 0.0769. The molecule has 1 N–H and O–H groups in total. The molecule has 0 bridgehead atoms. The van der Waals surface area contributed by atoms with Crippen molar-refractivity contribution < 1.29 is 0 Å². The van der Waals surface area contributed by atoms with E-state index in [1.807, 2.05) is 30.5 Å². The Balaban J connectivity index is 2.41. The molecule has 0 fully saturated rings. The molecule has 3 nitrogen and oxygen atoms in total. The van der Waals surface area contributed by atoms with Gasteiger partial charge in [0.25, 0.3) is 0 Å². The Bertz CT molecular complexity index is 704. The van der Waals surface area contributed by atoms with Crippen molar-refractivity contribution in [2.75, 3.05) is 0 Å². The van der Waals surface area contributed by atoms with Gasteiger partial charge in [-0.25, -0.2) is 0 Å². The molecule has 0 unspecified atom stereocenters. The molecule has 3 rings (SSSR count). The van der Waals surface area contributed by atoms with Crippen molar-refractivity contribution >= 4 is 21.8 Å². The second-order valence-corrected chi connectivity index (χ2v) is 3.71. The third-order valence-electron chi connectivity index (χ3n) is 2.78. The van der Waals surface area contributed by atoms with E-state index in [1.54, 1.807) is 6.20 Å². The number of aromatic amines is 1. The number of fused-ring (bicyclic) bond motifs is 3. The summed E-state index contributed by atoms with van der Waals surface area (Å²) in [7, 11) is 0. The molecule has 0 atom stereocenters. The van der Waals surface area contributed by atoms with Gasteiger partial charge in [0.1, 0.15) is 0 Å². The Morgan fingerprint density at radius 3 is 3.06 bits per heavy atom. The number of nitrogens with one attached hydrogen (secondary N) is 1. The average molecular weight is 207 g/mol. The number of rotatable bonds is 1. The van der Waals surface area contributed by atoms with Crippen molar-refractivity contribution in [1.29, 1.82) is 5.26 Å². The zero-order valence-corrected chi connectivity index (χ0v) is 8.57. The maximum absolute atomic E-state index is 8.73. The van der Waals surface area contributed by atoms with Crippen LogP contribution in [0.25, 0.3) is 21.8 Å². The molecule has 16 heavy (non-hydrogen) atoms. The molecule has 0 aliphatic carbocycles. The van der Waals surface area contributed by atoms with E-state index < -0.39 is 0 Å². The Morgan fingerprint density at radius 1 is 1.25 bits per heavy atom. The highest BCUT2D eigenvalue weighted by molar-refractivity contribution is 6.05. The highest BCUT2D eigenvalue weighted by Gasteiger charge is 2.07. The Kier molecular flexibility index (Phi) is 1.87. The highest BCUT2D eigenvalue weighted by Crippen LogP contribution is 2.25. The molecule has 1 aromatic carbocycles. The number of pyridine rings is 1. The first kappa shape index (κ1) is 8.93. The van der Waals surface area contributed by atoms with E-state index in [0.29, 0.717) is 6.42 Å². The first-order valence-electron chi connectivity index (χ1n) is 5.11. The summed E-state index contributed by atoms with van der Waals surface area (Å²) in [4.78, 5) is 7.57. The summed E-state index contributed by atoms with van der Waals surface area (Å²) in [5.41, 5.74) is 3.04. The van der Waals surface area contributed by atoms with Gasteiger partial charge in [-0.15, -0.1) is 0 Å². The van der Waals surface area contributed by atoms with Gasteiger partial charge in [-0.2, -0.15) is 5.26 Å². The smallest absolute Gasteiger partial charge is 0.0798 e.